The van der Waals surface area contributed by atoms with Gasteiger partial charge >= 0.3 is 0 Å². The molecule has 1 amide bonds. The van der Waals surface area contributed by atoms with E-state index < -0.39 is 0 Å². The molecule has 0 saturated heterocycles. The first-order valence-electron chi connectivity index (χ1n) is 6.25. The lowest BCUT2D eigenvalue weighted by molar-refractivity contribution is -0.116. The summed E-state index contributed by atoms with van der Waals surface area (Å²) in [6.07, 6.45) is 3.03. The van der Waals surface area contributed by atoms with E-state index in [0.29, 0.717) is 23.8 Å². The number of anilines is 1. The molecule has 0 fully saturated rings. The standard InChI is InChI=1S/C14H16ClN3O/c1-2-3-14(19)17-13-8-9-16-18(13)10-11-4-6-12(15)7-5-11/h4-9H,2-3,10H2,1H3,(H,17,19). The number of aromatic nitrogens is 2. The van der Waals surface area contributed by atoms with Crippen LogP contribution in [-0.2, 0) is 11.3 Å². The van der Waals surface area contributed by atoms with Gasteiger partial charge in [-0.2, -0.15) is 5.10 Å². The molecule has 0 aliphatic rings. The first-order valence-corrected chi connectivity index (χ1v) is 6.63. The van der Waals surface area contributed by atoms with Crippen molar-refractivity contribution in [3.8, 4) is 0 Å². The van der Waals surface area contributed by atoms with Crippen molar-refractivity contribution in [3.63, 3.8) is 0 Å². The van der Waals surface area contributed by atoms with Crippen LogP contribution in [0.1, 0.15) is 25.3 Å². The van der Waals surface area contributed by atoms with Crippen LogP contribution in [0.4, 0.5) is 5.82 Å². The van der Waals surface area contributed by atoms with Crippen molar-refractivity contribution in [2.75, 3.05) is 5.32 Å². The maximum atomic E-state index is 11.6. The molecule has 2 aromatic rings. The molecule has 1 heterocycles. The van der Waals surface area contributed by atoms with Gasteiger partial charge in [-0.1, -0.05) is 30.7 Å². The van der Waals surface area contributed by atoms with Crippen molar-refractivity contribution in [2.45, 2.75) is 26.3 Å². The van der Waals surface area contributed by atoms with E-state index >= 15 is 0 Å². The predicted octanol–water partition coefficient (Wildman–Crippen LogP) is 3.32. The fourth-order valence-corrected chi connectivity index (χ4v) is 1.89. The number of amides is 1. The molecule has 0 radical (unpaired) electrons. The second kappa shape index (κ2) is 6.38. The minimum Gasteiger partial charge on any atom is -0.311 e. The number of rotatable bonds is 5. The maximum Gasteiger partial charge on any atom is 0.225 e. The number of carbonyl (C=O) groups is 1. The summed E-state index contributed by atoms with van der Waals surface area (Å²) in [5, 5.41) is 7.78. The average Bonchev–Trinajstić information content (AvgIpc) is 2.80. The Hall–Kier alpha value is -1.81. The van der Waals surface area contributed by atoms with E-state index in [9.17, 15) is 4.79 Å². The minimum absolute atomic E-state index is 0.0142. The highest BCUT2D eigenvalue weighted by atomic mass is 35.5. The molecule has 5 heteroatoms. The summed E-state index contributed by atoms with van der Waals surface area (Å²) in [4.78, 5) is 11.6. The number of hydrogen-bond donors (Lipinski definition) is 1. The van der Waals surface area contributed by atoms with Crippen molar-refractivity contribution >= 4 is 23.3 Å². The number of halogens is 1. The number of carbonyl (C=O) groups excluding carboxylic acids is 1. The van der Waals surface area contributed by atoms with Crippen LogP contribution in [0.5, 0.6) is 0 Å². The second-order valence-electron chi connectivity index (χ2n) is 4.30. The fraction of sp³-hybridized carbons (Fsp3) is 0.286. The van der Waals surface area contributed by atoms with Gasteiger partial charge < -0.3 is 5.32 Å². The molecule has 1 aromatic heterocycles. The van der Waals surface area contributed by atoms with Crippen LogP contribution in [0, 0.1) is 0 Å². The van der Waals surface area contributed by atoms with Gasteiger partial charge in [-0.25, -0.2) is 4.68 Å². The number of benzene rings is 1. The van der Waals surface area contributed by atoms with E-state index in [-0.39, 0.29) is 5.91 Å². The summed E-state index contributed by atoms with van der Waals surface area (Å²) in [6.45, 7) is 2.58. The van der Waals surface area contributed by atoms with Crippen LogP contribution in [0.2, 0.25) is 5.02 Å². The summed E-state index contributed by atoms with van der Waals surface area (Å²) in [5.74, 6) is 0.730. The zero-order valence-corrected chi connectivity index (χ0v) is 11.5. The molecular formula is C14H16ClN3O. The Morgan fingerprint density at radius 2 is 2.05 bits per heavy atom. The van der Waals surface area contributed by atoms with Gasteiger partial charge in [0, 0.05) is 17.5 Å². The summed E-state index contributed by atoms with van der Waals surface area (Å²) < 4.78 is 1.76. The molecule has 0 unspecified atom stereocenters. The number of nitrogens with zero attached hydrogens (tertiary/aromatic N) is 2. The summed E-state index contributed by atoms with van der Waals surface area (Å²) in [6, 6.07) is 9.37. The third-order valence-electron chi connectivity index (χ3n) is 2.71. The summed E-state index contributed by atoms with van der Waals surface area (Å²) >= 11 is 5.85. The highest BCUT2D eigenvalue weighted by Crippen LogP contribution is 2.13. The van der Waals surface area contributed by atoms with Gasteiger partial charge in [0.2, 0.25) is 5.91 Å². The van der Waals surface area contributed by atoms with Crippen LogP contribution >= 0.6 is 11.6 Å². The third kappa shape index (κ3) is 3.83. The van der Waals surface area contributed by atoms with E-state index in [1.54, 1.807) is 16.9 Å². The first kappa shape index (κ1) is 13.6. The van der Waals surface area contributed by atoms with Crippen molar-refractivity contribution in [3.05, 3.63) is 47.1 Å². The van der Waals surface area contributed by atoms with Gasteiger partial charge in [0.25, 0.3) is 0 Å². The Morgan fingerprint density at radius 3 is 2.74 bits per heavy atom. The van der Waals surface area contributed by atoms with E-state index in [1.807, 2.05) is 31.2 Å². The SMILES string of the molecule is CCCC(=O)Nc1ccnn1Cc1ccc(Cl)cc1. The van der Waals surface area contributed by atoms with Crippen LogP contribution in [0.3, 0.4) is 0 Å². The lowest BCUT2D eigenvalue weighted by atomic mass is 10.2. The Labute approximate surface area is 117 Å². The molecule has 0 aliphatic heterocycles. The van der Waals surface area contributed by atoms with E-state index in [0.717, 1.165) is 12.0 Å². The van der Waals surface area contributed by atoms with Gasteiger partial charge in [0.15, 0.2) is 0 Å². The molecule has 0 saturated carbocycles. The minimum atomic E-state index is 0.0142. The molecule has 0 atom stereocenters. The number of nitrogens with one attached hydrogen (secondary N) is 1. The van der Waals surface area contributed by atoms with Gasteiger partial charge in [0.1, 0.15) is 5.82 Å². The van der Waals surface area contributed by atoms with Crippen molar-refractivity contribution in [2.24, 2.45) is 0 Å². The molecule has 1 aromatic carbocycles. The highest BCUT2D eigenvalue weighted by Gasteiger charge is 2.06. The second-order valence-corrected chi connectivity index (χ2v) is 4.74. The molecule has 0 aliphatic carbocycles. The Kier molecular flexibility index (Phi) is 4.58. The van der Waals surface area contributed by atoms with Crippen LogP contribution in [0.15, 0.2) is 36.5 Å². The molecule has 4 nitrogen and oxygen atoms in total. The Morgan fingerprint density at radius 1 is 1.32 bits per heavy atom. The largest absolute Gasteiger partial charge is 0.311 e. The summed E-state index contributed by atoms with van der Waals surface area (Å²) in [5.41, 5.74) is 1.08. The topological polar surface area (TPSA) is 46.9 Å². The van der Waals surface area contributed by atoms with E-state index in [1.165, 1.54) is 0 Å². The molecule has 2 rings (SSSR count). The van der Waals surface area contributed by atoms with E-state index in [4.69, 9.17) is 11.6 Å². The van der Waals surface area contributed by atoms with Gasteiger partial charge in [-0.15, -0.1) is 0 Å². The van der Waals surface area contributed by atoms with Gasteiger partial charge in [-0.3, -0.25) is 4.79 Å². The third-order valence-corrected chi connectivity index (χ3v) is 2.96. The quantitative estimate of drug-likeness (QED) is 0.911. The number of hydrogen-bond acceptors (Lipinski definition) is 2. The zero-order chi connectivity index (χ0) is 13.7. The van der Waals surface area contributed by atoms with Crippen LogP contribution < -0.4 is 5.32 Å². The molecular weight excluding hydrogens is 262 g/mol. The normalized spacial score (nSPS) is 10.4. The lowest BCUT2D eigenvalue weighted by Gasteiger charge is -2.08. The Balaban J connectivity index is 2.07. The molecule has 0 bridgehead atoms. The summed E-state index contributed by atoms with van der Waals surface area (Å²) in [7, 11) is 0. The van der Waals surface area contributed by atoms with Crippen LogP contribution in [0.25, 0.3) is 0 Å². The molecule has 100 valence electrons. The van der Waals surface area contributed by atoms with E-state index in [2.05, 4.69) is 10.4 Å². The Bertz CT molecular complexity index is 548. The van der Waals surface area contributed by atoms with Crippen LogP contribution in [-0.4, -0.2) is 15.7 Å². The molecule has 1 N–H and O–H groups in total. The predicted molar refractivity (Wildman–Crippen MR) is 76.3 cm³/mol. The maximum absolute atomic E-state index is 11.6. The van der Waals surface area contributed by atoms with Crippen molar-refractivity contribution < 1.29 is 4.79 Å². The van der Waals surface area contributed by atoms with Gasteiger partial charge in [0.05, 0.1) is 12.7 Å². The fourth-order valence-electron chi connectivity index (χ4n) is 1.76. The highest BCUT2D eigenvalue weighted by molar-refractivity contribution is 6.30. The lowest BCUT2D eigenvalue weighted by Crippen LogP contribution is -2.15. The van der Waals surface area contributed by atoms with Crippen molar-refractivity contribution in [1.29, 1.82) is 0 Å². The molecule has 19 heavy (non-hydrogen) atoms. The van der Waals surface area contributed by atoms with Gasteiger partial charge in [-0.05, 0) is 24.1 Å². The zero-order valence-electron chi connectivity index (χ0n) is 10.8. The monoisotopic (exact) mass is 277 g/mol. The average molecular weight is 278 g/mol. The van der Waals surface area contributed by atoms with Crippen molar-refractivity contribution in [1.82, 2.24) is 9.78 Å². The molecule has 0 spiro atoms. The smallest absolute Gasteiger partial charge is 0.225 e. The first-order chi connectivity index (χ1) is 9.19.